The van der Waals surface area contributed by atoms with Crippen molar-refractivity contribution in [3.05, 3.63) is 72.8 Å². The van der Waals surface area contributed by atoms with Crippen molar-refractivity contribution in [1.82, 2.24) is 14.5 Å². The number of hydrogen-bond donors (Lipinski definition) is 0. The largest absolute Gasteiger partial charge is 0.328 e. The van der Waals surface area contributed by atoms with E-state index >= 15 is 0 Å². The van der Waals surface area contributed by atoms with Crippen LogP contribution < -0.4 is 0 Å². The molecule has 21 heavy (non-hydrogen) atoms. The second kappa shape index (κ2) is 5.87. The second-order valence-electron chi connectivity index (χ2n) is 4.92. The maximum Gasteiger partial charge on any atom is 0.123 e. The molecule has 0 aliphatic rings. The topological polar surface area (TPSA) is 30.7 Å². The predicted octanol–water partition coefficient (Wildman–Crippen LogP) is 4.08. The van der Waals surface area contributed by atoms with Crippen LogP contribution in [-0.4, -0.2) is 14.5 Å². The maximum atomic E-state index is 13.3. The Morgan fingerprint density at radius 3 is 2.71 bits per heavy atom. The third-order valence-corrected chi connectivity index (χ3v) is 3.56. The zero-order valence-electron chi connectivity index (χ0n) is 11.8. The summed E-state index contributed by atoms with van der Waals surface area (Å²) in [6, 6.07) is 10.7. The van der Waals surface area contributed by atoms with Gasteiger partial charge in [-0.05, 0) is 30.2 Å². The molecule has 1 aromatic carbocycles. The number of benzene rings is 1. The van der Waals surface area contributed by atoms with Crippen LogP contribution >= 0.6 is 0 Å². The van der Waals surface area contributed by atoms with E-state index in [1.165, 1.54) is 12.1 Å². The van der Waals surface area contributed by atoms with Crippen molar-refractivity contribution in [3.8, 4) is 11.1 Å². The molecule has 0 saturated heterocycles. The summed E-state index contributed by atoms with van der Waals surface area (Å²) in [5.41, 5.74) is 2.74. The van der Waals surface area contributed by atoms with Gasteiger partial charge in [0, 0.05) is 24.2 Å². The maximum absolute atomic E-state index is 13.3. The summed E-state index contributed by atoms with van der Waals surface area (Å²) in [6.07, 6.45) is 8.24. The lowest BCUT2D eigenvalue weighted by Crippen LogP contribution is -2.09. The fourth-order valence-electron chi connectivity index (χ4n) is 2.47. The fourth-order valence-corrected chi connectivity index (χ4v) is 2.47. The van der Waals surface area contributed by atoms with Crippen LogP contribution in [0.5, 0.6) is 0 Å². The Kier molecular flexibility index (Phi) is 3.77. The van der Waals surface area contributed by atoms with Gasteiger partial charge >= 0.3 is 0 Å². The van der Waals surface area contributed by atoms with E-state index in [-0.39, 0.29) is 11.9 Å². The van der Waals surface area contributed by atoms with Crippen LogP contribution in [0, 0.1) is 5.82 Å². The van der Waals surface area contributed by atoms with E-state index in [0.29, 0.717) is 0 Å². The van der Waals surface area contributed by atoms with Crippen LogP contribution in [0.25, 0.3) is 11.1 Å². The van der Waals surface area contributed by atoms with E-state index < -0.39 is 0 Å². The molecule has 3 rings (SSSR count). The molecule has 3 nitrogen and oxygen atoms in total. The van der Waals surface area contributed by atoms with Gasteiger partial charge in [-0.1, -0.05) is 25.1 Å². The summed E-state index contributed by atoms with van der Waals surface area (Å²) in [7, 11) is 0. The first kappa shape index (κ1) is 13.5. The Balaban J connectivity index is 1.90. The predicted molar refractivity (Wildman–Crippen MR) is 80.3 cm³/mol. The van der Waals surface area contributed by atoms with Crippen molar-refractivity contribution in [1.29, 1.82) is 0 Å². The third-order valence-electron chi connectivity index (χ3n) is 3.56. The van der Waals surface area contributed by atoms with Crippen LogP contribution in [0.15, 0.2) is 61.3 Å². The monoisotopic (exact) mass is 281 g/mol. The normalized spacial score (nSPS) is 12.3. The molecule has 0 spiro atoms. The highest BCUT2D eigenvalue weighted by molar-refractivity contribution is 5.62. The minimum absolute atomic E-state index is 0.175. The molecule has 2 heterocycles. The summed E-state index contributed by atoms with van der Waals surface area (Å²) >= 11 is 0. The van der Waals surface area contributed by atoms with E-state index in [1.807, 2.05) is 29.0 Å². The van der Waals surface area contributed by atoms with Gasteiger partial charge in [0.05, 0.1) is 18.1 Å². The molecular formula is C17H16FN3. The minimum Gasteiger partial charge on any atom is -0.328 e. The van der Waals surface area contributed by atoms with Gasteiger partial charge in [-0.2, -0.15) is 0 Å². The van der Waals surface area contributed by atoms with E-state index in [0.717, 1.165) is 23.2 Å². The number of rotatable bonds is 4. The zero-order valence-corrected chi connectivity index (χ0v) is 11.8. The standard InChI is InChI=1S/C17H16FN3/c1-2-17(21-9-8-19-12-21)16-7-6-14(11-20-16)13-4-3-5-15(18)10-13/h3-12,17H,2H2,1H3. The molecule has 2 aromatic heterocycles. The van der Waals surface area contributed by atoms with Gasteiger partial charge in [0.2, 0.25) is 0 Å². The zero-order chi connectivity index (χ0) is 14.7. The van der Waals surface area contributed by atoms with E-state index in [1.54, 1.807) is 24.8 Å². The van der Waals surface area contributed by atoms with Crippen LogP contribution in [0.4, 0.5) is 4.39 Å². The lowest BCUT2D eigenvalue weighted by molar-refractivity contribution is 0.551. The van der Waals surface area contributed by atoms with Crippen LogP contribution in [0.1, 0.15) is 25.1 Å². The Labute approximate surface area is 123 Å². The van der Waals surface area contributed by atoms with Crippen molar-refractivity contribution in [3.63, 3.8) is 0 Å². The first-order valence-electron chi connectivity index (χ1n) is 6.97. The number of nitrogens with zero attached hydrogens (tertiary/aromatic N) is 3. The van der Waals surface area contributed by atoms with Gasteiger partial charge in [-0.15, -0.1) is 0 Å². The highest BCUT2D eigenvalue weighted by Crippen LogP contribution is 2.24. The molecule has 1 atom stereocenters. The summed E-state index contributed by atoms with van der Waals surface area (Å²) in [4.78, 5) is 8.63. The molecule has 0 saturated carbocycles. The van der Waals surface area contributed by atoms with Crippen LogP contribution in [-0.2, 0) is 0 Å². The Morgan fingerprint density at radius 2 is 2.10 bits per heavy atom. The SMILES string of the molecule is CCC(c1ccc(-c2cccc(F)c2)cn1)n1ccnc1. The smallest absolute Gasteiger partial charge is 0.123 e. The molecule has 0 bridgehead atoms. The van der Waals surface area contributed by atoms with Gasteiger partial charge < -0.3 is 4.57 Å². The summed E-state index contributed by atoms with van der Waals surface area (Å²) in [6.45, 7) is 2.12. The highest BCUT2D eigenvalue weighted by atomic mass is 19.1. The Hall–Kier alpha value is -2.49. The number of hydrogen-bond acceptors (Lipinski definition) is 2. The first-order valence-corrected chi connectivity index (χ1v) is 6.97. The van der Waals surface area contributed by atoms with Crippen molar-refractivity contribution < 1.29 is 4.39 Å². The molecule has 3 aromatic rings. The molecule has 0 aliphatic heterocycles. The lowest BCUT2D eigenvalue weighted by Gasteiger charge is -2.16. The third kappa shape index (κ3) is 2.84. The summed E-state index contributed by atoms with van der Waals surface area (Å²) in [5.74, 6) is -0.235. The van der Waals surface area contributed by atoms with E-state index in [2.05, 4.69) is 16.9 Å². The molecule has 0 fully saturated rings. The van der Waals surface area contributed by atoms with Gasteiger partial charge in [-0.3, -0.25) is 4.98 Å². The van der Waals surface area contributed by atoms with Crippen molar-refractivity contribution in [2.75, 3.05) is 0 Å². The molecule has 0 amide bonds. The van der Waals surface area contributed by atoms with Gasteiger partial charge in [0.25, 0.3) is 0 Å². The molecule has 0 radical (unpaired) electrons. The first-order chi connectivity index (χ1) is 10.3. The molecule has 0 aliphatic carbocycles. The van der Waals surface area contributed by atoms with E-state index in [9.17, 15) is 4.39 Å². The van der Waals surface area contributed by atoms with Crippen LogP contribution in [0.2, 0.25) is 0 Å². The second-order valence-corrected chi connectivity index (χ2v) is 4.92. The Morgan fingerprint density at radius 1 is 1.19 bits per heavy atom. The van der Waals surface area contributed by atoms with Crippen LogP contribution in [0.3, 0.4) is 0 Å². The van der Waals surface area contributed by atoms with Crippen molar-refractivity contribution >= 4 is 0 Å². The molecule has 4 heteroatoms. The number of halogens is 1. The van der Waals surface area contributed by atoms with Gasteiger partial charge in [0.1, 0.15) is 5.82 Å². The molecule has 106 valence electrons. The number of pyridine rings is 1. The Bertz CT molecular complexity index is 705. The average molecular weight is 281 g/mol. The summed E-state index contributed by atoms with van der Waals surface area (Å²) < 4.78 is 15.3. The highest BCUT2D eigenvalue weighted by Gasteiger charge is 2.12. The molecule has 1 unspecified atom stereocenters. The van der Waals surface area contributed by atoms with E-state index in [4.69, 9.17) is 0 Å². The quantitative estimate of drug-likeness (QED) is 0.721. The van der Waals surface area contributed by atoms with Crippen molar-refractivity contribution in [2.24, 2.45) is 0 Å². The van der Waals surface area contributed by atoms with Crippen molar-refractivity contribution in [2.45, 2.75) is 19.4 Å². The molecule has 0 N–H and O–H groups in total. The fraction of sp³-hybridized carbons (Fsp3) is 0.176. The minimum atomic E-state index is -0.235. The number of aromatic nitrogens is 3. The average Bonchev–Trinajstić information content (AvgIpc) is 3.03. The summed E-state index contributed by atoms with van der Waals surface area (Å²) in [5, 5.41) is 0. The number of imidazole rings is 1. The van der Waals surface area contributed by atoms with Gasteiger partial charge in [0.15, 0.2) is 0 Å². The molecular weight excluding hydrogens is 265 g/mol. The lowest BCUT2D eigenvalue weighted by atomic mass is 10.1. The van der Waals surface area contributed by atoms with Gasteiger partial charge in [-0.25, -0.2) is 9.37 Å².